The summed E-state index contributed by atoms with van der Waals surface area (Å²) in [5, 5.41) is 3.97. The number of anilines is 4. The molecular weight excluding hydrogens is 408 g/mol. The molecule has 2 aromatic carbocycles. The number of hydrogen-bond donors (Lipinski definition) is 1. The first-order valence-electron chi connectivity index (χ1n) is 9.81. The predicted molar refractivity (Wildman–Crippen MR) is 117 cm³/mol. The zero-order chi connectivity index (χ0) is 21.1. The Kier molecular flexibility index (Phi) is 5.99. The average molecular weight is 430 g/mol. The number of rotatable bonds is 4. The van der Waals surface area contributed by atoms with Gasteiger partial charge in [0.1, 0.15) is 17.5 Å². The Morgan fingerprint density at radius 1 is 0.867 bits per heavy atom. The smallest absolute Gasteiger partial charge is 0.160 e. The molecule has 4 rings (SSSR count). The van der Waals surface area contributed by atoms with Gasteiger partial charge < -0.3 is 15.1 Å². The molecule has 1 N–H and O–H groups in total. The maximum atomic E-state index is 13.6. The summed E-state index contributed by atoms with van der Waals surface area (Å²) >= 11 is 5.95. The molecular formula is C22H22ClF2N5. The van der Waals surface area contributed by atoms with Crippen molar-refractivity contribution in [2.75, 3.05) is 41.3 Å². The molecule has 5 nitrogen and oxygen atoms in total. The van der Waals surface area contributed by atoms with Crippen LogP contribution in [0.15, 0.2) is 48.5 Å². The van der Waals surface area contributed by atoms with Gasteiger partial charge in [-0.25, -0.2) is 18.7 Å². The highest BCUT2D eigenvalue weighted by atomic mass is 35.5. The van der Waals surface area contributed by atoms with Crippen molar-refractivity contribution in [2.45, 2.75) is 13.3 Å². The summed E-state index contributed by atoms with van der Waals surface area (Å²) in [7, 11) is 0. The number of aromatic nitrogens is 2. The molecule has 0 unspecified atom stereocenters. The van der Waals surface area contributed by atoms with E-state index < -0.39 is 11.6 Å². The van der Waals surface area contributed by atoms with E-state index in [0.717, 1.165) is 37.6 Å². The van der Waals surface area contributed by atoms with Crippen molar-refractivity contribution in [3.8, 4) is 0 Å². The van der Waals surface area contributed by atoms with Crippen LogP contribution in [0, 0.1) is 18.6 Å². The van der Waals surface area contributed by atoms with Crippen LogP contribution in [0.3, 0.4) is 0 Å². The Hall–Kier alpha value is -2.93. The van der Waals surface area contributed by atoms with E-state index in [9.17, 15) is 8.78 Å². The quantitative estimate of drug-likeness (QED) is 0.619. The van der Waals surface area contributed by atoms with Gasteiger partial charge in [0.05, 0.1) is 0 Å². The van der Waals surface area contributed by atoms with Crippen molar-refractivity contribution < 1.29 is 8.78 Å². The average Bonchev–Trinajstić information content (AvgIpc) is 2.98. The van der Waals surface area contributed by atoms with Crippen molar-refractivity contribution >= 4 is 34.6 Å². The van der Waals surface area contributed by atoms with Gasteiger partial charge in [0.2, 0.25) is 0 Å². The first-order chi connectivity index (χ1) is 14.5. The molecule has 1 fully saturated rings. The molecule has 0 bridgehead atoms. The molecule has 3 aromatic rings. The molecule has 0 atom stereocenters. The molecule has 1 aromatic heterocycles. The molecule has 0 radical (unpaired) electrons. The standard InChI is InChI=1S/C22H22ClF2N5/c1-15-26-21(28-17-5-3-16(23)4-6-17)14-22(27-15)30-10-2-9-29(11-12-30)18-7-8-19(24)20(25)13-18/h3-8,13-14H,2,9-12H2,1H3,(H,26,27,28). The summed E-state index contributed by atoms with van der Waals surface area (Å²) in [4.78, 5) is 13.4. The second kappa shape index (κ2) is 8.83. The number of halogens is 3. The Balaban J connectivity index is 1.49. The highest BCUT2D eigenvalue weighted by molar-refractivity contribution is 6.30. The fourth-order valence-corrected chi connectivity index (χ4v) is 3.67. The molecule has 1 aliphatic rings. The Bertz CT molecular complexity index is 1030. The van der Waals surface area contributed by atoms with E-state index in [-0.39, 0.29) is 0 Å². The molecule has 2 heterocycles. The van der Waals surface area contributed by atoms with E-state index in [1.54, 1.807) is 6.07 Å². The lowest BCUT2D eigenvalue weighted by Gasteiger charge is -2.24. The minimum absolute atomic E-state index is 0.672. The molecule has 1 aliphatic heterocycles. The second-order valence-electron chi connectivity index (χ2n) is 7.22. The fraction of sp³-hybridized carbons (Fsp3) is 0.273. The first kappa shape index (κ1) is 20.3. The van der Waals surface area contributed by atoms with Gasteiger partial charge in [-0.15, -0.1) is 0 Å². The van der Waals surface area contributed by atoms with E-state index in [0.29, 0.717) is 28.9 Å². The zero-order valence-corrected chi connectivity index (χ0v) is 17.3. The van der Waals surface area contributed by atoms with E-state index >= 15 is 0 Å². The minimum Gasteiger partial charge on any atom is -0.370 e. The number of aryl methyl sites for hydroxylation is 1. The molecule has 0 spiro atoms. The molecule has 1 saturated heterocycles. The highest BCUT2D eigenvalue weighted by Crippen LogP contribution is 2.24. The topological polar surface area (TPSA) is 44.3 Å². The van der Waals surface area contributed by atoms with Crippen LogP contribution in [0.2, 0.25) is 5.02 Å². The van der Waals surface area contributed by atoms with Gasteiger partial charge in [0.25, 0.3) is 0 Å². The number of benzene rings is 2. The maximum Gasteiger partial charge on any atom is 0.160 e. The third kappa shape index (κ3) is 4.79. The van der Waals surface area contributed by atoms with Crippen molar-refractivity contribution in [1.29, 1.82) is 0 Å². The van der Waals surface area contributed by atoms with E-state index in [1.807, 2.05) is 37.3 Å². The van der Waals surface area contributed by atoms with Gasteiger partial charge >= 0.3 is 0 Å². The lowest BCUT2D eigenvalue weighted by atomic mass is 10.2. The largest absolute Gasteiger partial charge is 0.370 e. The number of nitrogens with zero attached hydrogens (tertiary/aromatic N) is 4. The normalized spacial score (nSPS) is 14.5. The van der Waals surface area contributed by atoms with Crippen LogP contribution < -0.4 is 15.1 Å². The monoisotopic (exact) mass is 429 g/mol. The van der Waals surface area contributed by atoms with Crippen LogP contribution in [0.25, 0.3) is 0 Å². The second-order valence-corrected chi connectivity index (χ2v) is 7.65. The Morgan fingerprint density at radius 2 is 1.60 bits per heavy atom. The van der Waals surface area contributed by atoms with Crippen LogP contribution in [-0.2, 0) is 0 Å². The first-order valence-corrected chi connectivity index (χ1v) is 10.2. The van der Waals surface area contributed by atoms with Crippen LogP contribution in [0.1, 0.15) is 12.2 Å². The molecule has 8 heteroatoms. The highest BCUT2D eigenvalue weighted by Gasteiger charge is 2.18. The molecule has 0 aliphatic carbocycles. The number of hydrogen-bond acceptors (Lipinski definition) is 5. The Labute approximate surface area is 179 Å². The van der Waals surface area contributed by atoms with Gasteiger partial charge in [-0.1, -0.05) is 11.6 Å². The maximum absolute atomic E-state index is 13.6. The van der Waals surface area contributed by atoms with E-state index in [1.165, 1.54) is 12.1 Å². The summed E-state index contributed by atoms with van der Waals surface area (Å²) in [6.45, 7) is 4.85. The van der Waals surface area contributed by atoms with Gasteiger partial charge in [0, 0.05) is 54.7 Å². The minimum atomic E-state index is -0.827. The predicted octanol–water partition coefficient (Wildman–Crippen LogP) is 5.18. The summed E-state index contributed by atoms with van der Waals surface area (Å²) < 4.78 is 26.9. The van der Waals surface area contributed by atoms with Gasteiger partial charge in [0.15, 0.2) is 11.6 Å². The summed E-state index contributed by atoms with van der Waals surface area (Å²) in [5.74, 6) is 0.573. The molecule has 156 valence electrons. The molecule has 0 amide bonds. The van der Waals surface area contributed by atoms with Crippen LogP contribution in [0.4, 0.5) is 31.8 Å². The van der Waals surface area contributed by atoms with Crippen molar-refractivity contribution in [2.24, 2.45) is 0 Å². The van der Waals surface area contributed by atoms with Gasteiger partial charge in [-0.05, 0) is 49.7 Å². The van der Waals surface area contributed by atoms with Crippen molar-refractivity contribution in [1.82, 2.24) is 9.97 Å². The van der Waals surface area contributed by atoms with E-state index in [4.69, 9.17) is 11.6 Å². The Morgan fingerprint density at radius 3 is 2.37 bits per heavy atom. The number of nitrogens with one attached hydrogen (secondary N) is 1. The van der Waals surface area contributed by atoms with Crippen molar-refractivity contribution in [3.05, 3.63) is 71.0 Å². The van der Waals surface area contributed by atoms with Crippen LogP contribution in [0.5, 0.6) is 0 Å². The van der Waals surface area contributed by atoms with Gasteiger partial charge in [-0.2, -0.15) is 0 Å². The van der Waals surface area contributed by atoms with Crippen LogP contribution >= 0.6 is 11.6 Å². The van der Waals surface area contributed by atoms with Crippen LogP contribution in [-0.4, -0.2) is 36.1 Å². The third-order valence-corrected chi connectivity index (χ3v) is 5.28. The third-order valence-electron chi connectivity index (χ3n) is 5.03. The van der Waals surface area contributed by atoms with Crippen molar-refractivity contribution in [3.63, 3.8) is 0 Å². The summed E-state index contributed by atoms with van der Waals surface area (Å²) in [6.07, 6.45) is 0.877. The SMILES string of the molecule is Cc1nc(Nc2ccc(Cl)cc2)cc(N2CCCN(c3ccc(F)c(F)c3)CC2)n1. The molecule has 0 saturated carbocycles. The lowest BCUT2D eigenvalue weighted by Crippen LogP contribution is -2.31. The lowest BCUT2D eigenvalue weighted by molar-refractivity contribution is 0.508. The van der Waals surface area contributed by atoms with Gasteiger partial charge in [-0.3, -0.25) is 0 Å². The van der Waals surface area contributed by atoms with E-state index in [2.05, 4.69) is 25.1 Å². The summed E-state index contributed by atoms with van der Waals surface area (Å²) in [6, 6.07) is 13.4. The molecule has 30 heavy (non-hydrogen) atoms. The zero-order valence-electron chi connectivity index (χ0n) is 16.6. The summed E-state index contributed by atoms with van der Waals surface area (Å²) in [5.41, 5.74) is 1.59. The fourth-order valence-electron chi connectivity index (χ4n) is 3.55.